The molecule has 3 heterocycles. The van der Waals surface area contributed by atoms with Crippen LogP contribution in [-0.2, 0) is 26.5 Å². The van der Waals surface area contributed by atoms with Crippen LogP contribution in [-0.4, -0.2) is 53.1 Å². The quantitative estimate of drug-likeness (QED) is 0.856. The molecule has 142 valence electrons. The van der Waals surface area contributed by atoms with Crippen molar-refractivity contribution >= 4 is 44.0 Å². The van der Waals surface area contributed by atoms with E-state index in [0.717, 1.165) is 10.9 Å². The van der Waals surface area contributed by atoms with E-state index in [4.69, 9.17) is 0 Å². The number of aromatic nitrogens is 1. The summed E-state index contributed by atoms with van der Waals surface area (Å²) in [5.41, 5.74) is 1.91. The summed E-state index contributed by atoms with van der Waals surface area (Å²) >= 11 is 0. The topological polar surface area (TPSA) is 101 Å². The Labute approximate surface area is 156 Å². The van der Waals surface area contributed by atoms with Crippen molar-refractivity contribution in [2.75, 3.05) is 16.8 Å². The molecule has 2 aliphatic rings. The van der Waals surface area contributed by atoms with E-state index in [2.05, 4.69) is 10.4 Å². The van der Waals surface area contributed by atoms with Crippen LogP contribution in [0.5, 0.6) is 0 Å². The molecule has 0 spiro atoms. The van der Waals surface area contributed by atoms with Gasteiger partial charge in [0.1, 0.15) is 5.71 Å². The summed E-state index contributed by atoms with van der Waals surface area (Å²) in [5, 5.41) is 9.20. The normalized spacial score (nSPS) is 22.1. The lowest BCUT2D eigenvalue weighted by atomic mass is 10.1. The molecule has 1 N–H and O–H groups in total. The molecule has 0 saturated carbocycles. The number of carbonyl (C=O) groups is 2. The Kier molecular flexibility index (Phi) is 4.26. The van der Waals surface area contributed by atoms with Gasteiger partial charge in [-0.3, -0.25) is 9.59 Å². The molecule has 0 aliphatic carbocycles. The van der Waals surface area contributed by atoms with Crippen molar-refractivity contribution in [3.8, 4) is 0 Å². The smallest absolute Gasteiger partial charge is 0.271 e. The second-order valence-corrected chi connectivity index (χ2v) is 9.19. The van der Waals surface area contributed by atoms with Crippen molar-refractivity contribution in [1.29, 1.82) is 0 Å². The van der Waals surface area contributed by atoms with Crippen LogP contribution in [0.4, 0.5) is 5.69 Å². The number of benzene rings is 1. The molecule has 2 aliphatic heterocycles. The Bertz CT molecular complexity index is 1070. The predicted octanol–water partition coefficient (Wildman–Crippen LogP) is 1.28. The van der Waals surface area contributed by atoms with Gasteiger partial charge in [0.25, 0.3) is 5.91 Å². The van der Waals surface area contributed by atoms with Crippen LogP contribution in [0.1, 0.15) is 19.3 Å². The molecule has 9 heteroatoms. The zero-order chi connectivity index (χ0) is 19.2. The number of fused-ring (bicyclic) bond motifs is 1. The molecule has 1 aromatic carbocycles. The molecule has 2 amide bonds. The van der Waals surface area contributed by atoms with Crippen LogP contribution in [0.25, 0.3) is 10.9 Å². The number of nitrogens with zero attached hydrogens (tertiary/aromatic N) is 3. The molecule has 0 unspecified atom stereocenters. The SMILES string of the molecule is Cn1ccc2c(NC(=O)C3=NN([C@H]4CCS(=O)(=O)C4)C(=O)CC3)cccc21. The highest BCUT2D eigenvalue weighted by Gasteiger charge is 2.37. The van der Waals surface area contributed by atoms with E-state index in [1.807, 2.05) is 42.1 Å². The number of anilines is 1. The van der Waals surface area contributed by atoms with Gasteiger partial charge in [0.15, 0.2) is 9.84 Å². The largest absolute Gasteiger partial charge is 0.350 e. The van der Waals surface area contributed by atoms with Gasteiger partial charge in [-0.15, -0.1) is 0 Å². The number of rotatable bonds is 3. The summed E-state index contributed by atoms with van der Waals surface area (Å²) in [6, 6.07) is 7.08. The number of carbonyl (C=O) groups excluding carboxylic acids is 2. The number of amides is 2. The molecule has 1 atom stereocenters. The summed E-state index contributed by atoms with van der Waals surface area (Å²) in [4.78, 5) is 24.9. The van der Waals surface area contributed by atoms with Gasteiger partial charge in [0.05, 0.1) is 23.2 Å². The van der Waals surface area contributed by atoms with E-state index in [1.54, 1.807) is 0 Å². The third-order valence-corrected chi connectivity index (χ3v) is 6.80. The Balaban J connectivity index is 1.57. The van der Waals surface area contributed by atoms with Gasteiger partial charge in [0, 0.05) is 37.0 Å². The predicted molar refractivity (Wildman–Crippen MR) is 102 cm³/mol. The fourth-order valence-electron chi connectivity index (χ4n) is 3.59. The minimum Gasteiger partial charge on any atom is -0.350 e. The summed E-state index contributed by atoms with van der Waals surface area (Å²) in [6.45, 7) is 0. The van der Waals surface area contributed by atoms with Crippen molar-refractivity contribution in [2.45, 2.75) is 25.3 Å². The third kappa shape index (κ3) is 3.34. The maximum Gasteiger partial charge on any atom is 0.271 e. The second-order valence-electron chi connectivity index (χ2n) is 6.96. The van der Waals surface area contributed by atoms with Crippen LogP contribution in [0, 0.1) is 0 Å². The fourth-order valence-corrected chi connectivity index (χ4v) is 5.29. The molecular formula is C18H20N4O4S. The first kappa shape index (κ1) is 17.7. The lowest BCUT2D eigenvalue weighted by Gasteiger charge is -2.27. The Hall–Kier alpha value is -2.68. The Morgan fingerprint density at radius 1 is 1.26 bits per heavy atom. The summed E-state index contributed by atoms with van der Waals surface area (Å²) < 4.78 is 25.4. The average molecular weight is 388 g/mol. The minimum atomic E-state index is -3.14. The first-order valence-electron chi connectivity index (χ1n) is 8.79. The molecule has 1 fully saturated rings. The zero-order valence-electron chi connectivity index (χ0n) is 14.9. The molecule has 1 saturated heterocycles. The minimum absolute atomic E-state index is 0.0501. The fraction of sp³-hybridized carbons (Fsp3) is 0.389. The summed E-state index contributed by atoms with van der Waals surface area (Å²) in [6.07, 6.45) is 2.67. The van der Waals surface area contributed by atoms with Crippen molar-refractivity contribution in [1.82, 2.24) is 9.58 Å². The van der Waals surface area contributed by atoms with E-state index in [0.29, 0.717) is 12.1 Å². The highest BCUT2D eigenvalue weighted by Crippen LogP contribution is 2.25. The van der Waals surface area contributed by atoms with Gasteiger partial charge in [-0.05, 0) is 24.6 Å². The van der Waals surface area contributed by atoms with Crippen LogP contribution in [0.3, 0.4) is 0 Å². The summed E-state index contributed by atoms with van der Waals surface area (Å²) in [5.74, 6) is -0.655. The lowest BCUT2D eigenvalue weighted by Crippen LogP contribution is -2.42. The highest BCUT2D eigenvalue weighted by atomic mass is 32.2. The number of nitrogens with one attached hydrogen (secondary N) is 1. The van der Waals surface area contributed by atoms with Crippen LogP contribution in [0.15, 0.2) is 35.6 Å². The van der Waals surface area contributed by atoms with Crippen LogP contribution >= 0.6 is 0 Å². The van der Waals surface area contributed by atoms with Crippen molar-refractivity contribution in [3.63, 3.8) is 0 Å². The standard InChI is InChI=1S/C18H20N4O4S/c1-21-9-7-13-14(3-2-4-16(13)21)19-18(24)15-5-6-17(23)22(20-15)12-8-10-27(25,26)11-12/h2-4,7,9,12H,5-6,8,10-11H2,1H3,(H,19,24)/t12-/m0/s1. The van der Waals surface area contributed by atoms with Gasteiger partial charge in [-0.25, -0.2) is 13.4 Å². The lowest BCUT2D eigenvalue weighted by molar-refractivity contribution is -0.133. The van der Waals surface area contributed by atoms with E-state index in [-0.39, 0.29) is 41.9 Å². The zero-order valence-corrected chi connectivity index (χ0v) is 15.7. The van der Waals surface area contributed by atoms with Gasteiger partial charge >= 0.3 is 0 Å². The van der Waals surface area contributed by atoms with Crippen molar-refractivity contribution in [3.05, 3.63) is 30.5 Å². The van der Waals surface area contributed by atoms with E-state index in [9.17, 15) is 18.0 Å². The van der Waals surface area contributed by atoms with E-state index >= 15 is 0 Å². The number of aryl methyl sites for hydroxylation is 1. The van der Waals surface area contributed by atoms with E-state index < -0.39 is 15.9 Å². The van der Waals surface area contributed by atoms with Gasteiger partial charge < -0.3 is 9.88 Å². The van der Waals surface area contributed by atoms with E-state index in [1.165, 1.54) is 5.01 Å². The molecule has 27 heavy (non-hydrogen) atoms. The molecule has 2 aromatic rings. The second kappa shape index (κ2) is 6.49. The van der Waals surface area contributed by atoms with Crippen molar-refractivity contribution in [2.24, 2.45) is 12.1 Å². The number of sulfone groups is 1. The number of hydrogen-bond acceptors (Lipinski definition) is 5. The maximum absolute atomic E-state index is 12.7. The van der Waals surface area contributed by atoms with Gasteiger partial charge in [0.2, 0.25) is 5.91 Å². The first-order chi connectivity index (χ1) is 12.8. The molecule has 1 aromatic heterocycles. The van der Waals surface area contributed by atoms with Crippen LogP contribution in [0.2, 0.25) is 0 Å². The number of hydrogen-bond donors (Lipinski definition) is 1. The summed E-state index contributed by atoms with van der Waals surface area (Å²) in [7, 11) is -1.21. The molecule has 0 radical (unpaired) electrons. The van der Waals surface area contributed by atoms with Gasteiger partial charge in [-0.1, -0.05) is 6.07 Å². The van der Waals surface area contributed by atoms with Crippen LogP contribution < -0.4 is 5.32 Å². The molecule has 4 rings (SSSR count). The monoisotopic (exact) mass is 388 g/mol. The average Bonchev–Trinajstić information content (AvgIpc) is 3.18. The van der Waals surface area contributed by atoms with Crippen molar-refractivity contribution < 1.29 is 18.0 Å². The first-order valence-corrected chi connectivity index (χ1v) is 10.6. The van der Waals surface area contributed by atoms with Gasteiger partial charge in [-0.2, -0.15) is 5.10 Å². The Morgan fingerprint density at radius 2 is 2.07 bits per heavy atom. The number of hydrazone groups is 1. The highest BCUT2D eigenvalue weighted by molar-refractivity contribution is 7.91. The Morgan fingerprint density at radius 3 is 2.81 bits per heavy atom. The third-order valence-electron chi connectivity index (χ3n) is 5.05. The molecular weight excluding hydrogens is 368 g/mol. The molecule has 0 bridgehead atoms. The maximum atomic E-state index is 12.7. The molecule has 8 nitrogen and oxygen atoms in total.